The SMILES string of the molecule is Cc1ccc(CC2C=CC=C2)c(C)c1C. The molecule has 15 heavy (non-hydrogen) atoms. The second-order valence-electron chi connectivity index (χ2n) is 4.43. The third-order valence-electron chi connectivity index (χ3n) is 3.45. The monoisotopic (exact) mass is 198 g/mol. The van der Waals surface area contributed by atoms with Crippen molar-refractivity contribution in [1.82, 2.24) is 0 Å². The molecule has 0 saturated heterocycles. The lowest BCUT2D eigenvalue weighted by molar-refractivity contribution is 0.808. The zero-order valence-corrected chi connectivity index (χ0v) is 9.75. The summed E-state index contributed by atoms with van der Waals surface area (Å²) in [6.07, 6.45) is 9.96. The highest BCUT2D eigenvalue weighted by Crippen LogP contribution is 2.22. The highest BCUT2D eigenvalue weighted by Gasteiger charge is 2.09. The molecule has 78 valence electrons. The molecule has 0 amide bonds. The number of benzene rings is 1. The smallest absolute Gasteiger partial charge is 0.000673 e. The molecule has 1 aromatic carbocycles. The van der Waals surface area contributed by atoms with Gasteiger partial charge in [-0.1, -0.05) is 36.4 Å². The summed E-state index contributed by atoms with van der Waals surface area (Å²) in [5, 5.41) is 0. The van der Waals surface area contributed by atoms with Crippen LogP contribution >= 0.6 is 0 Å². The molecular formula is C15H18. The van der Waals surface area contributed by atoms with E-state index in [-0.39, 0.29) is 0 Å². The molecule has 0 atom stereocenters. The van der Waals surface area contributed by atoms with E-state index in [0.29, 0.717) is 5.92 Å². The van der Waals surface area contributed by atoms with Crippen LogP contribution in [0.2, 0.25) is 0 Å². The molecule has 0 heteroatoms. The Kier molecular flexibility index (Phi) is 2.77. The molecule has 0 unspecified atom stereocenters. The summed E-state index contributed by atoms with van der Waals surface area (Å²) >= 11 is 0. The summed E-state index contributed by atoms with van der Waals surface area (Å²) in [5.41, 5.74) is 5.79. The quantitative estimate of drug-likeness (QED) is 0.676. The van der Waals surface area contributed by atoms with Gasteiger partial charge >= 0.3 is 0 Å². The molecule has 0 N–H and O–H groups in total. The average Bonchev–Trinajstić information content (AvgIpc) is 2.72. The van der Waals surface area contributed by atoms with Gasteiger partial charge in [-0.25, -0.2) is 0 Å². The van der Waals surface area contributed by atoms with Gasteiger partial charge < -0.3 is 0 Å². The zero-order valence-electron chi connectivity index (χ0n) is 9.75. The molecule has 0 aromatic heterocycles. The van der Waals surface area contributed by atoms with Crippen molar-refractivity contribution in [2.75, 3.05) is 0 Å². The van der Waals surface area contributed by atoms with Crippen LogP contribution in [-0.4, -0.2) is 0 Å². The van der Waals surface area contributed by atoms with Crippen molar-refractivity contribution >= 4 is 0 Å². The Labute approximate surface area is 92.3 Å². The molecule has 1 aliphatic rings. The number of rotatable bonds is 2. The van der Waals surface area contributed by atoms with Crippen molar-refractivity contribution in [2.45, 2.75) is 27.2 Å². The normalized spacial score (nSPS) is 15.1. The molecule has 0 radical (unpaired) electrons. The predicted molar refractivity (Wildman–Crippen MR) is 66.1 cm³/mol. The van der Waals surface area contributed by atoms with E-state index in [1.807, 2.05) is 0 Å². The summed E-state index contributed by atoms with van der Waals surface area (Å²) in [7, 11) is 0. The van der Waals surface area contributed by atoms with Crippen molar-refractivity contribution in [3.8, 4) is 0 Å². The average molecular weight is 198 g/mol. The molecule has 2 rings (SSSR count). The molecule has 1 aliphatic carbocycles. The summed E-state index contributed by atoms with van der Waals surface area (Å²) in [5.74, 6) is 0.603. The fraction of sp³-hybridized carbons (Fsp3) is 0.333. The number of allylic oxidation sites excluding steroid dienone is 4. The third-order valence-corrected chi connectivity index (χ3v) is 3.45. The molecule has 0 saturated carbocycles. The Balaban J connectivity index is 2.25. The van der Waals surface area contributed by atoms with Crippen LogP contribution in [0.4, 0.5) is 0 Å². The molecule has 0 heterocycles. The van der Waals surface area contributed by atoms with E-state index in [2.05, 4.69) is 57.2 Å². The maximum absolute atomic E-state index is 2.28. The first-order valence-corrected chi connectivity index (χ1v) is 5.59. The molecule has 0 aliphatic heterocycles. The molecular weight excluding hydrogens is 180 g/mol. The largest absolute Gasteiger partial charge is 0.0773 e. The second kappa shape index (κ2) is 4.06. The number of hydrogen-bond acceptors (Lipinski definition) is 0. The van der Waals surface area contributed by atoms with Crippen molar-refractivity contribution in [3.05, 3.63) is 58.7 Å². The molecule has 0 spiro atoms. The number of hydrogen-bond donors (Lipinski definition) is 0. The van der Waals surface area contributed by atoms with E-state index in [0.717, 1.165) is 6.42 Å². The summed E-state index contributed by atoms with van der Waals surface area (Å²) < 4.78 is 0. The van der Waals surface area contributed by atoms with Gasteiger partial charge in [-0.05, 0) is 55.4 Å². The first-order valence-electron chi connectivity index (χ1n) is 5.59. The zero-order chi connectivity index (χ0) is 10.8. The third kappa shape index (κ3) is 2.04. The standard InChI is InChI=1S/C15H18/c1-11-8-9-15(13(3)12(11)2)10-14-6-4-5-7-14/h4-9,14H,10H2,1-3H3. The molecule has 1 aromatic rings. The highest BCUT2D eigenvalue weighted by molar-refractivity contribution is 5.39. The van der Waals surface area contributed by atoms with Crippen LogP contribution in [0.3, 0.4) is 0 Å². The molecule has 0 fully saturated rings. The van der Waals surface area contributed by atoms with Crippen molar-refractivity contribution in [1.29, 1.82) is 0 Å². The highest BCUT2D eigenvalue weighted by atomic mass is 14.1. The van der Waals surface area contributed by atoms with E-state index in [1.165, 1.54) is 22.3 Å². The Morgan fingerprint density at radius 3 is 2.27 bits per heavy atom. The molecule has 0 bridgehead atoms. The van der Waals surface area contributed by atoms with Crippen LogP contribution < -0.4 is 0 Å². The maximum Gasteiger partial charge on any atom is -0.000673 e. The van der Waals surface area contributed by atoms with Crippen LogP contribution in [-0.2, 0) is 6.42 Å². The van der Waals surface area contributed by atoms with Gasteiger partial charge in [-0.2, -0.15) is 0 Å². The second-order valence-corrected chi connectivity index (χ2v) is 4.43. The van der Waals surface area contributed by atoms with Gasteiger partial charge in [0.15, 0.2) is 0 Å². The lowest BCUT2D eigenvalue weighted by Crippen LogP contribution is -2.00. The minimum absolute atomic E-state index is 0.603. The van der Waals surface area contributed by atoms with E-state index in [1.54, 1.807) is 0 Å². The fourth-order valence-corrected chi connectivity index (χ4v) is 2.10. The van der Waals surface area contributed by atoms with Crippen LogP contribution in [0.15, 0.2) is 36.4 Å². The Morgan fingerprint density at radius 2 is 1.60 bits per heavy atom. The Morgan fingerprint density at radius 1 is 0.933 bits per heavy atom. The minimum Gasteiger partial charge on any atom is -0.0773 e. The number of aryl methyl sites for hydroxylation is 1. The molecule has 0 nitrogen and oxygen atoms in total. The summed E-state index contributed by atoms with van der Waals surface area (Å²) in [6.45, 7) is 6.63. The van der Waals surface area contributed by atoms with Crippen LogP contribution in [0.5, 0.6) is 0 Å². The van der Waals surface area contributed by atoms with Gasteiger partial charge in [0, 0.05) is 0 Å². The minimum atomic E-state index is 0.603. The van der Waals surface area contributed by atoms with Crippen LogP contribution in [0, 0.1) is 26.7 Å². The summed E-state index contributed by atoms with van der Waals surface area (Å²) in [4.78, 5) is 0. The van der Waals surface area contributed by atoms with Gasteiger partial charge in [0.2, 0.25) is 0 Å². The van der Waals surface area contributed by atoms with Gasteiger partial charge in [-0.15, -0.1) is 0 Å². The van der Waals surface area contributed by atoms with Crippen molar-refractivity contribution in [2.24, 2.45) is 5.92 Å². The van der Waals surface area contributed by atoms with Crippen LogP contribution in [0.25, 0.3) is 0 Å². The maximum atomic E-state index is 2.28. The fourth-order valence-electron chi connectivity index (χ4n) is 2.10. The Bertz CT molecular complexity index is 410. The first-order chi connectivity index (χ1) is 7.18. The van der Waals surface area contributed by atoms with Gasteiger partial charge in [-0.3, -0.25) is 0 Å². The van der Waals surface area contributed by atoms with Crippen molar-refractivity contribution < 1.29 is 0 Å². The predicted octanol–water partition coefficient (Wildman–Crippen LogP) is 3.90. The van der Waals surface area contributed by atoms with E-state index >= 15 is 0 Å². The first kappa shape index (κ1) is 10.2. The lowest BCUT2D eigenvalue weighted by atomic mass is 9.92. The van der Waals surface area contributed by atoms with Gasteiger partial charge in [0.1, 0.15) is 0 Å². The topological polar surface area (TPSA) is 0 Å². The van der Waals surface area contributed by atoms with Crippen LogP contribution in [0.1, 0.15) is 22.3 Å². The van der Waals surface area contributed by atoms with E-state index < -0.39 is 0 Å². The van der Waals surface area contributed by atoms with E-state index in [4.69, 9.17) is 0 Å². The summed E-state index contributed by atoms with van der Waals surface area (Å²) in [6, 6.07) is 4.51. The van der Waals surface area contributed by atoms with Gasteiger partial charge in [0.25, 0.3) is 0 Å². The van der Waals surface area contributed by atoms with E-state index in [9.17, 15) is 0 Å². The van der Waals surface area contributed by atoms with Crippen molar-refractivity contribution in [3.63, 3.8) is 0 Å². The Hall–Kier alpha value is -1.30. The van der Waals surface area contributed by atoms with Gasteiger partial charge in [0.05, 0.1) is 0 Å². The lowest BCUT2D eigenvalue weighted by Gasteiger charge is -2.13.